The van der Waals surface area contributed by atoms with Crippen LogP contribution in [-0.4, -0.2) is 50.7 Å². The maximum atomic E-state index is 15.4. The molecule has 5 aromatic rings. The molecular formula is C37H33F7N8O3S. The second-order valence-corrected chi connectivity index (χ2v) is 16.3. The fraction of sp³-hybridized carbons (Fsp3) is 0.351. The molecule has 3 atom stereocenters. The first-order chi connectivity index (χ1) is 26.0. The van der Waals surface area contributed by atoms with Crippen LogP contribution in [0.3, 0.4) is 0 Å². The van der Waals surface area contributed by atoms with E-state index in [0.717, 1.165) is 18.4 Å². The molecule has 0 saturated heterocycles. The van der Waals surface area contributed by atoms with Crippen LogP contribution in [-0.2, 0) is 46.9 Å². The number of hydrogen-bond donors (Lipinski definition) is 3. The Morgan fingerprint density at radius 3 is 2.41 bits per heavy atom. The van der Waals surface area contributed by atoms with Crippen LogP contribution in [0.4, 0.5) is 36.6 Å². The first-order valence-corrected chi connectivity index (χ1v) is 19.0. The van der Waals surface area contributed by atoms with E-state index in [4.69, 9.17) is 10.7 Å². The highest BCUT2D eigenvalue weighted by atomic mass is 32.2. The molecule has 7 rings (SSSR count). The maximum absolute atomic E-state index is 15.4. The highest BCUT2D eigenvalue weighted by Crippen LogP contribution is 2.68. The van der Waals surface area contributed by atoms with E-state index < -0.39 is 86.6 Å². The van der Waals surface area contributed by atoms with Crippen LogP contribution in [0, 0.1) is 29.4 Å². The third-order valence-electron chi connectivity index (χ3n) is 9.40. The molecule has 3 heterocycles. The van der Waals surface area contributed by atoms with Crippen LogP contribution in [0.25, 0.3) is 22.0 Å². The number of nitrogens with zero attached hydrogens (tertiary/aromatic N) is 5. The summed E-state index contributed by atoms with van der Waals surface area (Å²) in [6.07, 6.45) is -4.61. The van der Waals surface area contributed by atoms with Gasteiger partial charge < -0.3 is 11.1 Å². The first kappa shape index (κ1) is 38.8. The Kier molecular flexibility index (Phi) is 9.23. The van der Waals surface area contributed by atoms with E-state index in [1.807, 2.05) is 0 Å². The quantitative estimate of drug-likeness (QED) is 0.124. The summed E-state index contributed by atoms with van der Waals surface area (Å²) in [6, 6.07) is 9.34. The molecular weight excluding hydrogens is 770 g/mol. The van der Waals surface area contributed by atoms with Gasteiger partial charge in [0.15, 0.2) is 11.5 Å². The van der Waals surface area contributed by atoms with Crippen LogP contribution < -0.4 is 15.8 Å². The second-order valence-electron chi connectivity index (χ2n) is 14.6. The van der Waals surface area contributed by atoms with Crippen LogP contribution in [0.15, 0.2) is 48.5 Å². The molecule has 2 aliphatic carbocycles. The van der Waals surface area contributed by atoms with Gasteiger partial charge in [-0.05, 0) is 74.4 Å². The van der Waals surface area contributed by atoms with Gasteiger partial charge in [-0.2, -0.15) is 32.1 Å². The Morgan fingerprint density at radius 1 is 1.07 bits per heavy atom. The Morgan fingerprint density at radius 2 is 1.77 bits per heavy atom. The molecule has 0 bridgehead atoms. The lowest BCUT2D eigenvalue weighted by Crippen LogP contribution is -2.35. The van der Waals surface area contributed by atoms with E-state index in [1.54, 1.807) is 51.2 Å². The number of aromatic nitrogens is 5. The smallest absolute Gasteiger partial charge is 0.346 e. The summed E-state index contributed by atoms with van der Waals surface area (Å²) >= 11 is 0. The number of pyridine rings is 1. The summed E-state index contributed by atoms with van der Waals surface area (Å²) in [5, 5.41) is 10.8. The van der Waals surface area contributed by atoms with Gasteiger partial charge in [-0.15, -0.1) is 0 Å². The van der Waals surface area contributed by atoms with Gasteiger partial charge in [-0.1, -0.05) is 18.1 Å². The molecule has 0 radical (unpaired) electrons. The molecule has 1 fully saturated rings. The molecule has 2 aliphatic rings. The zero-order valence-electron chi connectivity index (χ0n) is 30.1. The number of carbonyl (C=O) groups is 1. The zero-order chi connectivity index (χ0) is 40.7. The number of nitrogens with two attached hydrogens (primary N) is 1. The van der Waals surface area contributed by atoms with Crippen molar-refractivity contribution in [3.8, 4) is 23.0 Å². The van der Waals surface area contributed by atoms with Crippen molar-refractivity contribution < 1.29 is 43.9 Å². The number of carbonyl (C=O) groups excluding carboxylic acids is 1. The van der Waals surface area contributed by atoms with Crippen molar-refractivity contribution in [3.05, 3.63) is 94.1 Å². The highest BCUT2D eigenvalue weighted by molar-refractivity contribution is 7.92. The van der Waals surface area contributed by atoms with Crippen molar-refractivity contribution in [2.75, 3.05) is 11.0 Å². The minimum Gasteiger partial charge on any atom is -0.346 e. The Labute approximate surface area is 315 Å². The van der Waals surface area contributed by atoms with Crippen LogP contribution in [0.2, 0.25) is 0 Å². The molecule has 0 aliphatic heterocycles. The van der Waals surface area contributed by atoms with E-state index in [0.29, 0.717) is 32.8 Å². The zero-order valence-corrected chi connectivity index (χ0v) is 30.9. The SMILES string of the molecule is Cn1nc(NS(C)(=O)=O)c2cccc(-c3ccc(C#CC(C)(C)N)nc3[C@H](Cc3cc(F)cc(F)c3)NC(=O)Cn3nc(C(F)(F)F)c4c3C(F)(F)C3C[C@H]43)c21. The molecule has 1 amide bonds. The summed E-state index contributed by atoms with van der Waals surface area (Å²) in [7, 11) is -2.21. The topological polar surface area (TPSA) is 150 Å². The molecule has 19 heteroatoms. The van der Waals surface area contributed by atoms with Crippen molar-refractivity contribution in [3.63, 3.8) is 0 Å². The van der Waals surface area contributed by atoms with E-state index in [9.17, 15) is 35.2 Å². The molecule has 0 spiro atoms. The van der Waals surface area contributed by atoms with Gasteiger partial charge in [0.1, 0.15) is 29.6 Å². The van der Waals surface area contributed by atoms with Gasteiger partial charge >= 0.3 is 6.18 Å². The highest BCUT2D eigenvalue weighted by Gasteiger charge is 2.68. The number of para-hydroxylation sites is 1. The Bertz CT molecular complexity index is 2580. The molecule has 1 unspecified atom stereocenters. The number of aryl methyl sites for hydroxylation is 1. The van der Waals surface area contributed by atoms with Gasteiger partial charge in [0.2, 0.25) is 15.9 Å². The number of nitrogens with one attached hydrogen (secondary N) is 2. The fourth-order valence-electron chi connectivity index (χ4n) is 7.22. The van der Waals surface area contributed by atoms with E-state index in [2.05, 4.69) is 32.1 Å². The monoisotopic (exact) mass is 802 g/mol. The maximum Gasteiger partial charge on any atom is 0.435 e. The van der Waals surface area contributed by atoms with Crippen LogP contribution in [0.1, 0.15) is 66.1 Å². The molecule has 1 saturated carbocycles. The minimum atomic E-state index is -5.06. The van der Waals surface area contributed by atoms with Crippen molar-refractivity contribution in [1.82, 2.24) is 29.9 Å². The number of amides is 1. The number of alkyl halides is 5. The largest absolute Gasteiger partial charge is 0.435 e. The number of sulfonamides is 1. The molecule has 3 aromatic heterocycles. The standard InChI is InChI=1S/C37H33F7N8O3S/c1-35(2,45)11-10-21-8-9-22(23-6-5-7-24-31(23)51(3)49-34(24)50-56(4,54)55)30(46-21)27(14-18-12-19(38)15-20(39)13-18)47-28(53)17-52-33-29(32(48-52)37(42,43)44)25-16-26(25)36(33,40)41/h5-9,12-13,15,25-27H,14,16-17,45H2,1-4H3,(H,47,53)(H,49,50)/t25-,26?,27-/m0/s1. The number of fused-ring (bicyclic) bond motifs is 4. The van der Waals surface area contributed by atoms with Gasteiger partial charge in [-0.25, -0.2) is 22.2 Å². The second kappa shape index (κ2) is 13.3. The molecule has 11 nitrogen and oxygen atoms in total. The van der Waals surface area contributed by atoms with Crippen LogP contribution >= 0.6 is 0 Å². The predicted molar refractivity (Wildman–Crippen MR) is 190 cm³/mol. The summed E-state index contributed by atoms with van der Waals surface area (Å²) in [6.45, 7) is 2.23. The third kappa shape index (κ3) is 7.54. The lowest BCUT2D eigenvalue weighted by atomic mass is 9.93. The number of hydrogen-bond acceptors (Lipinski definition) is 7. The van der Waals surface area contributed by atoms with Gasteiger partial charge in [0, 0.05) is 41.1 Å². The number of halogens is 7. The summed E-state index contributed by atoms with van der Waals surface area (Å²) in [5.41, 5.74) is 3.34. The average molecular weight is 803 g/mol. The molecule has 56 heavy (non-hydrogen) atoms. The summed E-state index contributed by atoms with van der Waals surface area (Å²) < 4.78 is 130. The molecule has 4 N–H and O–H groups in total. The van der Waals surface area contributed by atoms with E-state index in [-0.39, 0.29) is 35.6 Å². The fourth-order valence-corrected chi connectivity index (χ4v) is 7.72. The van der Waals surface area contributed by atoms with E-state index >= 15 is 8.78 Å². The molecule has 2 aromatic carbocycles. The summed E-state index contributed by atoms with van der Waals surface area (Å²) in [4.78, 5) is 18.6. The third-order valence-corrected chi connectivity index (χ3v) is 9.96. The van der Waals surface area contributed by atoms with Crippen molar-refractivity contribution in [2.45, 2.75) is 62.8 Å². The minimum absolute atomic E-state index is 0.00790. The lowest BCUT2D eigenvalue weighted by Gasteiger charge is -2.23. The van der Waals surface area contributed by atoms with Gasteiger partial charge in [-0.3, -0.25) is 18.9 Å². The van der Waals surface area contributed by atoms with Crippen molar-refractivity contribution in [2.24, 2.45) is 18.7 Å². The lowest BCUT2D eigenvalue weighted by molar-refractivity contribution is -0.142. The predicted octanol–water partition coefficient (Wildman–Crippen LogP) is 5.90. The number of rotatable bonds is 9. The Balaban J connectivity index is 1.38. The average Bonchev–Trinajstić information content (AvgIpc) is 3.61. The van der Waals surface area contributed by atoms with Crippen LogP contribution in [0.5, 0.6) is 0 Å². The normalized spacial score (nSPS) is 17.9. The number of anilines is 1. The molecule has 294 valence electrons. The van der Waals surface area contributed by atoms with Gasteiger partial charge in [0.25, 0.3) is 5.92 Å². The van der Waals surface area contributed by atoms with Crippen molar-refractivity contribution in [1.29, 1.82) is 0 Å². The number of benzene rings is 2. The van der Waals surface area contributed by atoms with E-state index in [1.165, 1.54) is 4.68 Å². The Hall–Kier alpha value is -5.48. The summed E-state index contributed by atoms with van der Waals surface area (Å²) in [5.74, 6) is -3.28. The van der Waals surface area contributed by atoms with Crippen molar-refractivity contribution >= 4 is 32.7 Å². The van der Waals surface area contributed by atoms with Gasteiger partial charge in [0.05, 0.1) is 29.0 Å². The first-order valence-electron chi connectivity index (χ1n) is 17.1.